The third-order valence-electron chi connectivity index (χ3n) is 2.59. The van der Waals surface area contributed by atoms with Crippen LogP contribution in [0.2, 0.25) is 0 Å². The molecule has 0 fully saturated rings. The Labute approximate surface area is 130 Å². The molecule has 0 aliphatic rings. The molecule has 0 radical (unpaired) electrons. The summed E-state index contributed by atoms with van der Waals surface area (Å²) in [5.74, 6) is -0.130. The van der Waals surface area contributed by atoms with Gasteiger partial charge < -0.3 is 5.32 Å². The van der Waals surface area contributed by atoms with Gasteiger partial charge in [0, 0.05) is 23.7 Å². The third-order valence-corrected chi connectivity index (χ3v) is 4.68. The van der Waals surface area contributed by atoms with Gasteiger partial charge in [-0.1, -0.05) is 13.0 Å². The lowest BCUT2D eigenvalue weighted by Gasteiger charge is -2.11. The minimum atomic E-state index is -3.44. The molecular formula is C14H19ClN2O3S. The van der Waals surface area contributed by atoms with Crippen molar-refractivity contribution in [2.45, 2.75) is 6.92 Å². The van der Waals surface area contributed by atoms with Gasteiger partial charge in [0.2, 0.25) is 10.0 Å². The zero-order valence-corrected chi connectivity index (χ0v) is 13.4. The van der Waals surface area contributed by atoms with Crippen LogP contribution in [-0.2, 0) is 10.0 Å². The lowest BCUT2D eigenvalue weighted by molar-refractivity contribution is 0.0958. The Morgan fingerprint density at radius 1 is 1.38 bits per heavy atom. The normalized spacial score (nSPS) is 12.5. The van der Waals surface area contributed by atoms with Crippen molar-refractivity contribution in [2.24, 2.45) is 5.92 Å². The summed E-state index contributed by atoms with van der Waals surface area (Å²) in [6.45, 7) is 5.65. The molecule has 1 unspecified atom stereocenters. The fourth-order valence-electron chi connectivity index (χ4n) is 1.60. The predicted octanol–water partition coefficient (Wildman–Crippen LogP) is 2.22. The van der Waals surface area contributed by atoms with E-state index in [1.165, 1.54) is 0 Å². The van der Waals surface area contributed by atoms with Crippen LogP contribution in [0.1, 0.15) is 17.3 Å². The van der Waals surface area contributed by atoms with Gasteiger partial charge in [0.25, 0.3) is 5.91 Å². The van der Waals surface area contributed by atoms with Crippen molar-refractivity contribution in [2.75, 3.05) is 22.9 Å². The van der Waals surface area contributed by atoms with Crippen LogP contribution in [-0.4, -0.2) is 32.5 Å². The van der Waals surface area contributed by atoms with Crippen LogP contribution in [0.25, 0.3) is 0 Å². The van der Waals surface area contributed by atoms with Crippen LogP contribution in [0.4, 0.5) is 5.69 Å². The summed E-state index contributed by atoms with van der Waals surface area (Å²) in [7, 11) is -3.44. The molecule has 0 saturated heterocycles. The predicted molar refractivity (Wildman–Crippen MR) is 86.3 cm³/mol. The summed E-state index contributed by atoms with van der Waals surface area (Å²) >= 11 is 5.61. The molecule has 5 nitrogen and oxygen atoms in total. The smallest absolute Gasteiger partial charge is 0.251 e. The first kappa shape index (κ1) is 17.5. The summed E-state index contributed by atoms with van der Waals surface area (Å²) in [4.78, 5) is 11.7. The van der Waals surface area contributed by atoms with Gasteiger partial charge in [-0.05, 0) is 30.2 Å². The highest BCUT2D eigenvalue weighted by molar-refractivity contribution is 7.92. The second-order valence-corrected chi connectivity index (χ2v) is 6.79. The first-order valence-corrected chi connectivity index (χ1v) is 8.62. The highest BCUT2D eigenvalue weighted by atomic mass is 35.5. The molecule has 0 saturated carbocycles. The molecule has 0 spiro atoms. The molecule has 0 aromatic heterocycles. The molecule has 1 amide bonds. The van der Waals surface area contributed by atoms with Gasteiger partial charge in [0.1, 0.15) is 0 Å². The van der Waals surface area contributed by atoms with Crippen molar-refractivity contribution in [1.82, 2.24) is 5.32 Å². The summed E-state index contributed by atoms with van der Waals surface area (Å²) in [5.41, 5.74) is 0.867. The summed E-state index contributed by atoms with van der Waals surface area (Å²) in [6, 6.07) is 6.21. The summed E-state index contributed by atoms with van der Waals surface area (Å²) < 4.78 is 26.2. The fourth-order valence-corrected chi connectivity index (χ4v) is 3.28. The maximum atomic E-state index is 11.9. The Hall–Kier alpha value is -1.53. The van der Waals surface area contributed by atoms with E-state index in [0.29, 0.717) is 17.8 Å². The molecule has 1 rings (SSSR count). The lowest BCUT2D eigenvalue weighted by atomic mass is 10.2. The molecule has 0 aliphatic carbocycles. The second kappa shape index (κ2) is 8.05. The van der Waals surface area contributed by atoms with Crippen molar-refractivity contribution in [3.8, 4) is 0 Å². The highest BCUT2D eigenvalue weighted by Crippen LogP contribution is 2.13. The Morgan fingerprint density at radius 3 is 2.52 bits per heavy atom. The Bertz CT molecular complexity index is 585. The van der Waals surface area contributed by atoms with E-state index in [1.807, 2.05) is 0 Å². The monoisotopic (exact) mass is 330 g/mol. The zero-order chi connectivity index (χ0) is 15.9. The van der Waals surface area contributed by atoms with E-state index in [1.54, 1.807) is 37.3 Å². The number of carbonyl (C=O) groups is 1. The summed E-state index contributed by atoms with van der Waals surface area (Å²) in [5, 5.41) is 2.64. The first-order chi connectivity index (χ1) is 9.88. The largest absolute Gasteiger partial charge is 0.349 e. The van der Waals surface area contributed by atoms with E-state index < -0.39 is 10.0 Å². The molecule has 7 heteroatoms. The number of benzene rings is 1. The standard InChI is InChI=1S/C14H19ClN2O3S/c1-3-8-16-14(18)12-4-6-13(7-5-12)17-21(19,20)10-11(2)9-15/h3-7,11,17H,1,8-10H2,2H3,(H,16,18). The Kier molecular flexibility index (Phi) is 6.71. The van der Waals surface area contributed by atoms with Gasteiger partial charge in [-0.25, -0.2) is 8.42 Å². The molecule has 0 heterocycles. The van der Waals surface area contributed by atoms with Crippen LogP contribution in [0.5, 0.6) is 0 Å². The van der Waals surface area contributed by atoms with Crippen LogP contribution in [0.3, 0.4) is 0 Å². The van der Waals surface area contributed by atoms with E-state index in [-0.39, 0.29) is 23.5 Å². The molecule has 116 valence electrons. The van der Waals surface area contributed by atoms with Crippen molar-refractivity contribution in [1.29, 1.82) is 0 Å². The molecule has 1 atom stereocenters. The van der Waals surface area contributed by atoms with E-state index >= 15 is 0 Å². The highest BCUT2D eigenvalue weighted by Gasteiger charge is 2.15. The first-order valence-electron chi connectivity index (χ1n) is 6.43. The average Bonchev–Trinajstić information content (AvgIpc) is 2.44. The minimum absolute atomic E-state index is 0.0436. The number of sulfonamides is 1. The number of anilines is 1. The summed E-state index contributed by atoms with van der Waals surface area (Å²) in [6.07, 6.45) is 1.58. The number of halogens is 1. The topological polar surface area (TPSA) is 75.3 Å². The molecule has 1 aromatic rings. The van der Waals surface area contributed by atoms with Crippen LogP contribution < -0.4 is 10.0 Å². The lowest BCUT2D eigenvalue weighted by Crippen LogP contribution is -2.23. The molecule has 21 heavy (non-hydrogen) atoms. The van der Waals surface area contributed by atoms with E-state index in [0.717, 1.165) is 0 Å². The number of rotatable bonds is 8. The van der Waals surface area contributed by atoms with E-state index in [9.17, 15) is 13.2 Å². The minimum Gasteiger partial charge on any atom is -0.349 e. The number of amides is 1. The van der Waals surface area contributed by atoms with E-state index in [4.69, 9.17) is 11.6 Å². The van der Waals surface area contributed by atoms with Crippen LogP contribution in [0.15, 0.2) is 36.9 Å². The Morgan fingerprint density at radius 2 is 2.00 bits per heavy atom. The molecule has 2 N–H and O–H groups in total. The van der Waals surface area contributed by atoms with Crippen LogP contribution >= 0.6 is 11.6 Å². The second-order valence-electron chi connectivity index (χ2n) is 4.72. The number of nitrogens with one attached hydrogen (secondary N) is 2. The van der Waals surface area contributed by atoms with Crippen molar-refractivity contribution in [3.05, 3.63) is 42.5 Å². The van der Waals surface area contributed by atoms with Crippen molar-refractivity contribution < 1.29 is 13.2 Å². The maximum Gasteiger partial charge on any atom is 0.251 e. The van der Waals surface area contributed by atoms with Gasteiger partial charge >= 0.3 is 0 Å². The van der Waals surface area contributed by atoms with Gasteiger partial charge in [0.15, 0.2) is 0 Å². The quantitative estimate of drug-likeness (QED) is 0.567. The molecule has 0 bridgehead atoms. The number of hydrogen-bond donors (Lipinski definition) is 2. The average molecular weight is 331 g/mol. The van der Waals surface area contributed by atoms with Crippen LogP contribution in [0, 0.1) is 5.92 Å². The molecule has 0 aliphatic heterocycles. The molecular weight excluding hydrogens is 312 g/mol. The number of alkyl halides is 1. The zero-order valence-electron chi connectivity index (χ0n) is 11.8. The molecule has 1 aromatic carbocycles. The van der Waals surface area contributed by atoms with Gasteiger partial charge in [-0.3, -0.25) is 9.52 Å². The number of carbonyl (C=O) groups excluding carboxylic acids is 1. The van der Waals surface area contributed by atoms with Gasteiger partial charge in [-0.2, -0.15) is 0 Å². The SMILES string of the molecule is C=CCNC(=O)c1ccc(NS(=O)(=O)CC(C)CCl)cc1. The Balaban J connectivity index is 2.70. The maximum absolute atomic E-state index is 11.9. The van der Waals surface area contributed by atoms with E-state index in [2.05, 4.69) is 16.6 Å². The fraction of sp³-hybridized carbons (Fsp3) is 0.357. The van der Waals surface area contributed by atoms with Gasteiger partial charge in [0.05, 0.1) is 5.75 Å². The van der Waals surface area contributed by atoms with Gasteiger partial charge in [-0.15, -0.1) is 18.2 Å². The van der Waals surface area contributed by atoms with Crippen molar-refractivity contribution >= 4 is 33.2 Å². The third kappa shape index (κ3) is 6.18. The van der Waals surface area contributed by atoms with Crippen molar-refractivity contribution in [3.63, 3.8) is 0 Å². The number of hydrogen-bond acceptors (Lipinski definition) is 3.